The van der Waals surface area contributed by atoms with Crippen molar-refractivity contribution in [2.75, 3.05) is 6.61 Å². The molecular weight excluding hydrogens is 993 g/mol. The Balaban J connectivity index is 0.000000139. The molecule has 14 atom stereocenters. The van der Waals surface area contributed by atoms with Crippen molar-refractivity contribution in [3.05, 3.63) is 0 Å². The van der Waals surface area contributed by atoms with E-state index in [4.69, 9.17) is 33.2 Å². The third kappa shape index (κ3) is 12.1. The monoisotopic (exact) mass is 1090 g/mol. The Bertz CT molecular complexity index is 2210. The van der Waals surface area contributed by atoms with Gasteiger partial charge >= 0.3 is 35.8 Å². The van der Waals surface area contributed by atoms with Crippen LogP contribution in [0.25, 0.3) is 0 Å². The second kappa shape index (κ2) is 22.5. The van der Waals surface area contributed by atoms with E-state index in [9.17, 15) is 33.9 Å². The first kappa shape index (κ1) is 60.8. The topological polar surface area (TPSA) is 187 Å². The molecule has 0 radical (unpaired) electrons. The Morgan fingerprint density at radius 2 is 1.15 bits per heavy atom. The molecular formula is C64H102O14. The van der Waals surface area contributed by atoms with Crippen LogP contribution in [-0.4, -0.2) is 94.3 Å². The van der Waals surface area contributed by atoms with Gasteiger partial charge in [-0.3, -0.25) is 24.0 Å². The van der Waals surface area contributed by atoms with Crippen molar-refractivity contribution in [2.24, 2.45) is 74.9 Å². The Kier molecular flexibility index (Phi) is 17.5. The summed E-state index contributed by atoms with van der Waals surface area (Å²) in [6.45, 7) is 27.3. The lowest BCUT2D eigenvalue weighted by Gasteiger charge is -2.59. The first-order valence-corrected chi connectivity index (χ1v) is 31.1. The third-order valence-electron chi connectivity index (χ3n) is 22.4. The van der Waals surface area contributed by atoms with Crippen molar-refractivity contribution in [3.63, 3.8) is 0 Å². The maximum absolute atomic E-state index is 12.7. The summed E-state index contributed by atoms with van der Waals surface area (Å²) >= 11 is 0. The SMILES string of the molecule is CCC(C)(C)C(=O)OC1(C)CCCCC1.CCC(C)(C)C(=O)OC1(CC)CC2CC1C1C3CCC(C3)C21.CCC(C)(C)C(=O)OC12CC3CC(CC(O)(C3)C1)C2.CCC(C)(C)C(=O)OCC(=O)OC1C2CC3C(=O)OC1C3O2. The molecule has 0 spiro atoms. The molecule has 3 aliphatic heterocycles. The predicted octanol–water partition coefficient (Wildman–Crippen LogP) is 12.1. The minimum atomic E-state index is -0.652. The molecule has 14 heteroatoms. The molecule has 0 aromatic carbocycles. The average molecular weight is 1100 g/mol. The lowest BCUT2D eigenvalue weighted by atomic mass is 9.52. The summed E-state index contributed by atoms with van der Waals surface area (Å²) in [5.74, 6) is 4.80. The molecule has 9 aliphatic carbocycles. The van der Waals surface area contributed by atoms with E-state index in [-0.39, 0.29) is 69.6 Å². The van der Waals surface area contributed by atoms with Gasteiger partial charge in [0.05, 0.1) is 39.3 Å². The predicted molar refractivity (Wildman–Crippen MR) is 293 cm³/mol. The number of esters is 6. The molecule has 0 amide bonds. The first-order chi connectivity index (χ1) is 36.4. The van der Waals surface area contributed by atoms with Crippen molar-refractivity contribution in [3.8, 4) is 0 Å². The molecule has 0 aromatic rings. The number of fused-ring (bicyclic) bond motifs is 10. The standard InChI is InChI=1S/C20H32O2.C16H26O3.C15H20O7.C13H24O2/c1-5-19(3,4)18(21)22-20(6-2)11-14-10-15(20)17-13-8-7-12(9-13)16(14)17;1-4-14(2,3)13(17)19-16-8-11-5-12(9-16)7-15(18,6-11)10-16;1-4-15(2,3)14(18)19-6-9(16)21-11-8-5-7-10(20-8)12(11)22-13(7)17;1-5-12(2,3)11(14)15-13(4)9-7-6-8-10-13/h12-17H,5-11H2,1-4H3;11-12,18H,4-10H2,1-3H3;7-8,10-12H,4-6H2,1-3H3;5-10H2,1-4H3. The zero-order valence-electron chi connectivity index (χ0n) is 50.5. The highest BCUT2D eigenvalue weighted by atomic mass is 16.7. The molecule has 3 saturated heterocycles. The molecule has 10 bridgehead atoms. The largest absolute Gasteiger partial charge is 0.459 e. The van der Waals surface area contributed by atoms with E-state index in [0.717, 1.165) is 100 Å². The highest BCUT2D eigenvalue weighted by Gasteiger charge is 2.69. The van der Waals surface area contributed by atoms with E-state index in [0.29, 0.717) is 37.0 Å². The summed E-state index contributed by atoms with van der Waals surface area (Å²) in [5.41, 5.74) is -2.95. The zero-order chi connectivity index (χ0) is 57.2. The quantitative estimate of drug-likeness (QED) is 0.0927. The maximum Gasteiger partial charge on any atom is 0.344 e. The van der Waals surface area contributed by atoms with E-state index in [1.165, 1.54) is 51.4 Å². The fraction of sp³-hybridized carbons (Fsp3) is 0.906. The fourth-order valence-electron chi connectivity index (χ4n) is 16.4. The number of hydrogen-bond donors (Lipinski definition) is 1. The second-order valence-corrected chi connectivity index (χ2v) is 29.6. The van der Waals surface area contributed by atoms with Gasteiger partial charge in [-0.1, -0.05) is 41.0 Å². The number of carbonyl (C=O) groups is 6. The van der Waals surface area contributed by atoms with E-state index in [2.05, 4.69) is 20.8 Å². The summed E-state index contributed by atoms with van der Waals surface area (Å²) in [4.78, 5) is 72.3. The summed E-state index contributed by atoms with van der Waals surface area (Å²) in [7, 11) is 0. The highest BCUT2D eigenvalue weighted by Crippen LogP contribution is 2.71. The summed E-state index contributed by atoms with van der Waals surface area (Å²) in [5, 5.41) is 10.6. The molecule has 3 heterocycles. The van der Waals surface area contributed by atoms with Crippen LogP contribution in [0.4, 0.5) is 0 Å². The molecule has 14 nitrogen and oxygen atoms in total. The number of aliphatic hydroxyl groups is 1. The molecule has 78 heavy (non-hydrogen) atoms. The van der Waals surface area contributed by atoms with Crippen molar-refractivity contribution >= 4 is 35.8 Å². The normalized spacial score (nSPS) is 38.6. The van der Waals surface area contributed by atoms with E-state index >= 15 is 0 Å². The Morgan fingerprint density at radius 3 is 1.71 bits per heavy atom. The fourth-order valence-corrected chi connectivity index (χ4v) is 16.4. The van der Waals surface area contributed by atoms with Gasteiger partial charge in [0.2, 0.25) is 0 Å². The van der Waals surface area contributed by atoms with Gasteiger partial charge in [0.15, 0.2) is 18.8 Å². The van der Waals surface area contributed by atoms with Crippen LogP contribution in [0.1, 0.15) is 238 Å². The van der Waals surface area contributed by atoms with Gasteiger partial charge in [0, 0.05) is 12.3 Å². The molecule has 0 aromatic heterocycles. The Morgan fingerprint density at radius 1 is 0.615 bits per heavy atom. The molecule has 14 unspecified atom stereocenters. The smallest absolute Gasteiger partial charge is 0.344 e. The number of hydrogen-bond acceptors (Lipinski definition) is 14. The minimum absolute atomic E-state index is 0.0330. The van der Waals surface area contributed by atoms with Gasteiger partial charge in [-0.15, -0.1) is 0 Å². The van der Waals surface area contributed by atoms with Gasteiger partial charge in [-0.2, -0.15) is 0 Å². The summed E-state index contributed by atoms with van der Waals surface area (Å²) in [6, 6.07) is 0. The minimum Gasteiger partial charge on any atom is -0.459 e. The molecule has 442 valence electrons. The van der Waals surface area contributed by atoms with Crippen LogP contribution in [0.5, 0.6) is 0 Å². The molecule has 12 fully saturated rings. The van der Waals surface area contributed by atoms with E-state index < -0.39 is 47.2 Å². The van der Waals surface area contributed by atoms with Crippen molar-refractivity contribution in [2.45, 2.75) is 285 Å². The van der Waals surface area contributed by atoms with Gasteiger partial charge in [-0.05, 0) is 232 Å². The van der Waals surface area contributed by atoms with Crippen molar-refractivity contribution in [1.82, 2.24) is 0 Å². The van der Waals surface area contributed by atoms with Crippen LogP contribution >= 0.6 is 0 Å². The molecule has 1 N–H and O–H groups in total. The van der Waals surface area contributed by atoms with Crippen molar-refractivity contribution < 1.29 is 67.0 Å². The Hall–Kier alpha value is -3.26. The first-order valence-electron chi connectivity index (χ1n) is 31.1. The van der Waals surface area contributed by atoms with Crippen LogP contribution in [0.3, 0.4) is 0 Å². The molecule has 12 rings (SSSR count). The van der Waals surface area contributed by atoms with Gasteiger partial charge in [-0.25, -0.2) is 4.79 Å². The molecule has 9 saturated carbocycles. The second-order valence-electron chi connectivity index (χ2n) is 29.6. The van der Waals surface area contributed by atoms with E-state index in [1.54, 1.807) is 13.8 Å². The van der Waals surface area contributed by atoms with Crippen LogP contribution in [0.15, 0.2) is 0 Å². The van der Waals surface area contributed by atoms with Gasteiger partial charge < -0.3 is 38.3 Å². The third-order valence-corrected chi connectivity index (χ3v) is 22.4. The summed E-state index contributed by atoms with van der Waals surface area (Å²) in [6.07, 6.45) is 21.2. The van der Waals surface area contributed by atoms with Crippen LogP contribution < -0.4 is 0 Å². The number of carbonyl (C=O) groups excluding carboxylic acids is 6. The number of ether oxygens (including phenoxy) is 7. The summed E-state index contributed by atoms with van der Waals surface area (Å²) < 4.78 is 39.1. The lowest BCUT2D eigenvalue weighted by molar-refractivity contribution is -0.225. The average Bonchev–Trinajstić information content (AvgIpc) is 4.46. The van der Waals surface area contributed by atoms with Crippen LogP contribution in [-0.2, 0) is 61.9 Å². The van der Waals surface area contributed by atoms with Crippen LogP contribution in [0, 0.1) is 74.9 Å². The maximum atomic E-state index is 12.7. The zero-order valence-corrected chi connectivity index (χ0v) is 50.5. The van der Waals surface area contributed by atoms with Gasteiger partial charge in [0.1, 0.15) is 22.9 Å². The number of rotatable bonds is 15. The van der Waals surface area contributed by atoms with Gasteiger partial charge in [0.25, 0.3) is 0 Å². The van der Waals surface area contributed by atoms with Crippen LogP contribution in [0.2, 0.25) is 0 Å². The van der Waals surface area contributed by atoms with E-state index in [1.807, 2.05) is 62.3 Å². The highest BCUT2D eigenvalue weighted by molar-refractivity contribution is 5.81. The molecule has 12 aliphatic rings. The van der Waals surface area contributed by atoms with Crippen molar-refractivity contribution in [1.29, 1.82) is 0 Å². The Labute approximate surface area is 467 Å². The lowest BCUT2D eigenvalue weighted by Crippen LogP contribution is -2.61.